The van der Waals surface area contributed by atoms with E-state index in [4.69, 9.17) is 29.9 Å². The van der Waals surface area contributed by atoms with E-state index in [0.29, 0.717) is 68.5 Å². The molecule has 338 valence electrons. The number of amides is 2. The SMILES string of the molecule is O=C1c2cccc(-n3c4c(-c5nc(-c6ccccc6)nc(-c6ccccc6)n5)cccc4c4cccc(-c5nc(-c6ccccc6)nc(-c6ccccc6)n5)c43)c2C(=O)N1c1ccccc1-c1ccccc1. The molecule has 0 radical (unpaired) electrons. The van der Waals surface area contributed by atoms with Gasteiger partial charge < -0.3 is 4.57 Å². The van der Waals surface area contributed by atoms with Gasteiger partial charge in [0, 0.05) is 49.7 Å². The van der Waals surface area contributed by atoms with Gasteiger partial charge >= 0.3 is 0 Å². The lowest BCUT2D eigenvalue weighted by molar-refractivity contribution is 0.0926. The van der Waals surface area contributed by atoms with Gasteiger partial charge in [-0.2, -0.15) is 0 Å². The third-order valence-corrected chi connectivity index (χ3v) is 13.1. The normalized spacial score (nSPS) is 12.2. The number of imide groups is 1. The number of para-hydroxylation sites is 3. The number of aromatic nitrogens is 7. The minimum absolute atomic E-state index is 0.255. The summed E-state index contributed by atoms with van der Waals surface area (Å²) in [5, 5.41) is 1.71. The van der Waals surface area contributed by atoms with E-state index in [2.05, 4.69) is 16.7 Å². The molecule has 0 fully saturated rings. The van der Waals surface area contributed by atoms with Crippen LogP contribution in [0.1, 0.15) is 20.7 Å². The van der Waals surface area contributed by atoms with Crippen LogP contribution in [0.3, 0.4) is 0 Å². The summed E-state index contributed by atoms with van der Waals surface area (Å²) in [6.45, 7) is 0. The standard InChI is InChI=1S/C62H38N8O2/c71-61-47-34-20-38-51(52(47)62(72)70(61)50-37-17-16-31-44(50)39-21-6-1-7-22-39)69-53-45(32-18-35-48(53)59-65-55(40-23-8-2-9-24-40)63-56(66-59)41-25-10-3-11-26-41)46-33-19-36-49(54(46)69)60-67-57(42-27-12-4-13-28-42)64-58(68-60)43-29-14-5-15-30-43/h1-38H. The Morgan fingerprint density at radius 1 is 0.264 bits per heavy atom. The van der Waals surface area contributed by atoms with Crippen LogP contribution in [0.4, 0.5) is 5.69 Å². The van der Waals surface area contributed by atoms with Crippen LogP contribution in [0.5, 0.6) is 0 Å². The van der Waals surface area contributed by atoms with Gasteiger partial charge in [0.1, 0.15) is 0 Å². The Kier molecular flexibility index (Phi) is 10.2. The average Bonchev–Trinajstić information content (AvgIpc) is 3.94. The second-order valence-electron chi connectivity index (χ2n) is 17.3. The molecule has 4 heterocycles. The van der Waals surface area contributed by atoms with Crippen molar-refractivity contribution < 1.29 is 9.59 Å². The molecule has 13 rings (SSSR count). The smallest absolute Gasteiger partial charge is 0.268 e. The summed E-state index contributed by atoms with van der Waals surface area (Å²) in [5.41, 5.74) is 9.23. The Labute approximate surface area is 413 Å². The van der Waals surface area contributed by atoms with Crippen molar-refractivity contribution in [1.82, 2.24) is 34.5 Å². The molecule has 1 aliphatic heterocycles. The number of nitrogens with zero attached hydrogens (tertiary/aromatic N) is 8. The monoisotopic (exact) mass is 926 g/mol. The Balaban J connectivity index is 1.12. The Bertz CT molecular complexity index is 3770. The van der Waals surface area contributed by atoms with E-state index in [1.807, 2.05) is 212 Å². The van der Waals surface area contributed by atoms with Crippen LogP contribution < -0.4 is 4.90 Å². The lowest BCUT2D eigenvalue weighted by Crippen LogP contribution is -2.30. The Morgan fingerprint density at radius 3 is 1.04 bits per heavy atom. The van der Waals surface area contributed by atoms with Gasteiger partial charge in [0.05, 0.1) is 33.5 Å². The fourth-order valence-corrected chi connectivity index (χ4v) is 9.78. The van der Waals surface area contributed by atoms with Crippen molar-refractivity contribution >= 4 is 39.3 Å². The molecule has 2 amide bonds. The summed E-state index contributed by atoms with van der Waals surface area (Å²) in [6, 6.07) is 74.3. The fraction of sp³-hybridized carbons (Fsp3) is 0. The number of rotatable bonds is 9. The van der Waals surface area contributed by atoms with Crippen molar-refractivity contribution in [2.45, 2.75) is 0 Å². The van der Waals surface area contributed by atoms with E-state index >= 15 is 4.79 Å². The van der Waals surface area contributed by atoms with Crippen molar-refractivity contribution in [2.24, 2.45) is 0 Å². The highest BCUT2D eigenvalue weighted by Crippen LogP contribution is 2.45. The van der Waals surface area contributed by atoms with Crippen LogP contribution in [0.15, 0.2) is 231 Å². The number of carbonyl (C=O) groups excluding carboxylic acids is 2. The van der Waals surface area contributed by atoms with Crippen molar-refractivity contribution in [1.29, 1.82) is 0 Å². The number of hydrogen-bond donors (Lipinski definition) is 0. The first kappa shape index (κ1) is 42.1. The lowest BCUT2D eigenvalue weighted by atomic mass is 10.0. The molecule has 0 saturated heterocycles. The molecular formula is C62H38N8O2. The predicted molar refractivity (Wildman–Crippen MR) is 283 cm³/mol. The van der Waals surface area contributed by atoms with Crippen molar-refractivity contribution in [3.05, 3.63) is 242 Å². The van der Waals surface area contributed by atoms with Crippen LogP contribution in [0.25, 0.3) is 107 Å². The summed E-state index contributed by atoms with van der Waals surface area (Å²) >= 11 is 0. The van der Waals surface area contributed by atoms with Gasteiger partial charge in [-0.25, -0.2) is 34.8 Å². The molecular weight excluding hydrogens is 889 g/mol. The van der Waals surface area contributed by atoms with Crippen LogP contribution in [0, 0.1) is 0 Å². The van der Waals surface area contributed by atoms with E-state index in [1.165, 1.54) is 4.90 Å². The van der Waals surface area contributed by atoms with Crippen molar-refractivity contribution in [2.75, 3.05) is 4.90 Å². The number of carbonyl (C=O) groups is 2. The topological polar surface area (TPSA) is 120 Å². The zero-order valence-electron chi connectivity index (χ0n) is 38.3. The third kappa shape index (κ3) is 7.13. The molecule has 1 aliphatic rings. The summed E-state index contributed by atoms with van der Waals surface area (Å²) in [7, 11) is 0. The molecule has 12 aromatic rings. The molecule has 0 saturated carbocycles. The highest BCUT2D eigenvalue weighted by atomic mass is 16.2. The zero-order chi connectivity index (χ0) is 48.1. The predicted octanol–water partition coefficient (Wildman–Crippen LogP) is 13.6. The highest BCUT2D eigenvalue weighted by Gasteiger charge is 2.41. The van der Waals surface area contributed by atoms with E-state index in [9.17, 15) is 4.79 Å². The fourth-order valence-electron chi connectivity index (χ4n) is 9.78. The van der Waals surface area contributed by atoms with E-state index < -0.39 is 11.8 Å². The van der Waals surface area contributed by atoms with Gasteiger partial charge in [-0.15, -0.1) is 0 Å². The minimum atomic E-state index is -0.449. The average molecular weight is 927 g/mol. The largest absolute Gasteiger partial charge is 0.307 e. The summed E-state index contributed by atoms with van der Waals surface area (Å²) in [5.74, 6) is 1.98. The first-order valence-electron chi connectivity index (χ1n) is 23.5. The summed E-state index contributed by atoms with van der Waals surface area (Å²) < 4.78 is 2.08. The third-order valence-electron chi connectivity index (χ3n) is 13.1. The van der Waals surface area contributed by atoms with Gasteiger partial charge in [0.25, 0.3) is 11.8 Å². The number of benzene rings is 9. The second kappa shape index (κ2) is 17.5. The molecule has 9 aromatic carbocycles. The van der Waals surface area contributed by atoms with E-state index in [0.717, 1.165) is 44.2 Å². The molecule has 3 aromatic heterocycles. The molecule has 10 heteroatoms. The van der Waals surface area contributed by atoms with Crippen molar-refractivity contribution in [3.63, 3.8) is 0 Å². The first-order chi connectivity index (χ1) is 35.6. The number of anilines is 1. The highest BCUT2D eigenvalue weighted by molar-refractivity contribution is 6.36. The van der Waals surface area contributed by atoms with Crippen LogP contribution >= 0.6 is 0 Å². The van der Waals surface area contributed by atoms with Gasteiger partial charge in [-0.05, 0) is 35.9 Å². The maximum atomic E-state index is 15.5. The first-order valence-corrected chi connectivity index (χ1v) is 23.5. The summed E-state index contributed by atoms with van der Waals surface area (Å²) in [4.78, 5) is 62.7. The lowest BCUT2D eigenvalue weighted by Gasteiger charge is -2.19. The summed E-state index contributed by atoms with van der Waals surface area (Å²) in [6.07, 6.45) is 0. The molecule has 0 N–H and O–H groups in total. The Hall–Kier alpha value is -10.1. The van der Waals surface area contributed by atoms with Gasteiger partial charge in [0.15, 0.2) is 34.9 Å². The molecule has 0 aliphatic carbocycles. The maximum Gasteiger partial charge on any atom is 0.268 e. The molecule has 72 heavy (non-hydrogen) atoms. The van der Waals surface area contributed by atoms with Crippen molar-refractivity contribution in [3.8, 4) is 85.1 Å². The van der Waals surface area contributed by atoms with Crippen LogP contribution in [-0.4, -0.2) is 46.3 Å². The van der Waals surface area contributed by atoms with E-state index in [1.54, 1.807) is 6.07 Å². The Morgan fingerprint density at radius 2 is 0.597 bits per heavy atom. The van der Waals surface area contributed by atoms with E-state index in [-0.39, 0.29) is 11.1 Å². The van der Waals surface area contributed by atoms with Gasteiger partial charge in [0.2, 0.25) is 0 Å². The molecule has 0 unspecified atom stereocenters. The molecule has 0 bridgehead atoms. The zero-order valence-corrected chi connectivity index (χ0v) is 38.3. The second-order valence-corrected chi connectivity index (χ2v) is 17.3. The maximum absolute atomic E-state index is 15.5. The number of fused-ring (bicyclic) bond motifs is 4. The molecule has 10 nitrogen and oxygen atoms in total. The molecule has 0 atom stereocenters. The van der Waals surface area contributed by atoms with Gasteiger partial charge in [-0.1, -0.05) is 200 Å². The van der Waals surface area contributed by atoms with Crippen LogP contribution in [-0.2, 0) is 0 Å². The van der Waals surface area contributed by atoms with Gasteiger partial charge in [-0.3, -0.25) is 9.59 Å². The molecule has 0 spiro atoms. The van der Waals surface area contributed by atoms with Crippen LogP contribution in [0.2, 0.25) is 0 Å². The number of hydrogen-bond acceptors (Lipinski definition) is 8. The minimum Gasteiger partial charge on any atom is -0.307 e. The quantitative estimate of drug-likeness (QED) is 0.131.